The Morgan fingerprint density at radius 1 is 0.775 bits per heavy atom. The molecule has 0 bridgehead atoms. The molecule has 0 spiro atoms. The molecular formula is C35H33N3O2. The van der Waals surface area contributed by atoms with E-state index >= 15 is 0 Å². The lowest BCUT2D eigenvalue weighted by atomic mass is 9.96. The number of fused-ring (bicyclic) bond motifs is 1. The molecule has 0 radical (unpaired) electrons. The molecule has 1 fully saturated rings. The monoisotopic (exact) mass is 527 g/mol. The van der Waals surface area contributed by atoms with Crippen LogP contribution in [-0.4, -0.2) is 53.5 Å². The number of amides is 1. The fourth-order valence-corrected chi connectivity index (χ4v) is 5.65. The number of rotatable bonds is 7. The molecule has 1 aromatic heterocycles. The summed E-state index contributed by atoms with van der Waals surface area (Å²) in [6.45, 7) is 5.50. The molecule has 1 amide bonds. The third-order valence-electron chi connectivity index (χ3n) is 7.58. The highest BCUT2D eigenvalue weighted by molar-refractivity contribution is 6.07. The van der Waals surface area contributed by atoms with Crippen LogP contribution in [0.4, 0.5) is 0 Å². The van der Waals surface area contributed by atoms with Crippen LogP contribution < -0.4 is 4.74 Å². The van der Waals surface area contributed by atoms with E-state index in [0.29, 0.717) is 25.3 Å². The highest BCUT2D eigenvalue weighted by Crippen LogP contribution is 2.31. The number of pyridine rings is 1. The summed E-state index contributed by atoms with van der Waals surface area (Å²) in [5.74, 6) is 0.849. The van der Waals surface area contributed by atoms with Crippen molar-refractivity contribution in [2.75, 3.05) is 32.8 Å². The van der Waals surface area contributed by atoms with Gasteiger partial charge in [0.25, 0.3) is 5.91 Å². The van der Waals surface area contributed by atoms with Crippen LogP contribution >= 0.6 is 0 Å². The number of piperazine rings is 1. The SMILES string of the molecule is CCOc1cccc(-c2cc(C(=O)N3CCN(C(c4ccccc4)c4ccccc4)CC3)c3ccccc3n2)c1. The molecule has 1 aliphatic rings. The molecule has 0 unspecified atom stereocenters. The zero-order chi connectivity index (χ0) is 27.3. The van der Waals surface area contributed by atoms with Crippen molar-refractivity contribution >= 4 is 16.8 Å². The van der Waals surface area contributed by atoms with Crippen LogP contribution in [0.5, 0.6) is 5.75 Å². The van der Waals surface area contributed by atoms with E-state index in [0.717, 1.165) is 41.0 Å². The average molecular weight is 528 g/mol. The van der Waals surface area contributed by atoms with Crippen molar-refractivity contribution in [3.63, 3.8) is 0 Å². The fourth-order valence-electron chi connectivity index (χ4n) is 5.65. The van der Waals surface area contributed by atoms with Crippen LogP contribution in [0.2, 0.25) is 0 Å². The van der Waals surface area contributed by atoms with Crippen LogP contribution in [0.25, 0.3) is 22.2 Å². The van der Waals surface area contributed by atoms with Gasteiger partial charge in [-0.1, -0.05) is 91.0 Å². The van der Waals surface area contributed by atoms with Crippen LogP contribution in [0.15, 0.2) is 115 Å². The lowest BCUT2D eigenvalue weighted by Gasteiger charge is -2.40. The summed E-state index contributed by atoms with van der Waals surface area (Å²) < 4.78 is 5.71. The fraction of sp³-hybridized carbons (Fsp3) is 0.200. The third-order valence-corrected chi connectivity index (χ3v) is 7.58. The van der Waals surface area contributed by atoms with Gasteiger partial charge in [-0.25, -0.2) is 4.98 Å². The summed E-state index contributed by atoms with van der Waals surface area (Å²) in [5, 5.41) is 0.881. The normalized spacial score (nSPS) is 14.0. The Balaban J connectivity index is 1.28. The van der Waals surface area contributed by atoms with E-state index in [2.05, 4.69) is 65.6 Å². The Hall–Kier alpha value is -4.48. The summed E-state index contributed by atoms with van der Waals surface area (Å²) in [6.07, 6.45) is 0. The second-order valence-electron chi connectivity index (χ2n) is 10.1. The van der Waals surface area contributed by atoms with Crippen LogP contribution in [0, 0.1) is 0 Å². The minimum Gasteiger partial charge on any atom is -0.494 e. The van der Waals surface area contributed by atoms with Gasteiger partial charge in [0.15, 0.2) is 0 Å². The van der Waals surface area contributed by atoms with Gasteiger partial charge in [-0.3, -0.25) is 9.69 Å². The number of hydrogen-bond acceptors (Lipinski definition) is 4. The van der Waals surface area contributed by atoms with Gasteiger partial charge in [-0.05, 0) is 42.3 Å². The number of nitrogens with zero attached hydrogens (tertiary/aromatic N) is 3. The van der Waals surface area contributed by atoms with Gasteiger partial charge in [0.05, 0.1) is 29.4 Å². The zero-order valence-corrected chi connectivity index (χ0v) is 22.7. The largest absolute Gasteiger partial charge is 0.494 e. The molecule has 0 aliphatic carbocycles. The first-order valence-corrected chi connectivity index (χ1v) is 14.0. The number of carbonyl (C=O) groups excluding carboxylic acids is 1. The molecular weight excluding hydrogens is 494 g/mol. The van der Waals surface area contributed by atoms with Crippen molar-refractivity contribution in [2.45, 2.75) is 13.0 Å². The summed E-state index contributed by atoms with van der Waals surface area (Å²) in [7, 11) is 0. The van der Waals surface area contributed by atoms with Gasteiger partial charge < -0.3 is 9.64 Å². The predicted octanol–water partition coefficient (Wildman–Crippen LogP) is 6.85. The van der Waals surface area contributed by atoms with E-state index in [1.54, 1.807) is 0 Å². The summed E-state index contributed by atoms with van der Waals surface area (Å²) in [5.41, 5.74) is 5.76. The maximum atomic E-state index is 14.0. The number of hydrogen-bond donors (Lipinski definition) is 0. The lowest BCUT2D eigenvalue weighted by Crippen LogP contribution is -2.49. The molecule has 1 saturated heterocycles. The molecule has 40 heavy (non-hydrogen) atoms. The quantitative estimate of drug-likeness (QED) is 0.232. The Morgan fingerprint density at radius 3 is 2.10 bits per heavy atom. The molecule has 0 saturated carbocycles. The van der Waals surface area contributed by atoms with Gasteiger partial charge in [-0.15, -0.1) is 0 Å². The van der Waals surface area contributed by atoms with Crippen LogP contribution in [0.1, 0.15) is 34.5 Å². The molecule has 0 N–H and O–H groups in total. The van der Waals surface area contributed by atoms with E-state index in [4.69, 9.17) is 9.72 Å². The van der Waals surface area contributed by atoms with Crippen molar-refractivity contribution in [1.82, 2.24) is 14.8 Å². The summed E-state index contributed by atoms with van der Waals surface area (Å²) >= 11 is 0. The van der Waals surface area contributed by atoms with Crippen molar-refractivity contribution in [3.8, 4) is 17.0 Å². The molecule has 4 aromatic carbocycles. The molecule has 5 aromatic rings. The second kappa shape index (κ2) is 11.7. The predicted molar refractivity (Wildman–Crippen MR) is 161 cm³/mol. The maximum Gasteiger partial charge on any atom is 0.254 e. The molecule has 6 rings (SSSR count). The van der Waals surface area contributed by atoms with Crippen LogP contribution in [0.3, 0.4) is 0 Å². The number of ether oxygens (including phenoxy) is 1. The average Bonchev–Trinajstić information content (AvgIpc) is 3.02. The number of benzene rings is 4. The Labute approximate surface area is 235 Å². The maximum absolute atomic E-state index is 14.0. The van der Waals surface area contributed by atoms with E-state index in [1.807, 2.05) is 66.4 Å². The molecule has 1 aliphatic heterocycles. The van der Waals surface area contributed by atoms with Gasteiger partial charge in [0.2, 0.25) is 0 Å². The van der Waals surface area contributed by atoms with Crippen molar-refractivity contribution in [3.05, 3.63) is 132 Å². The molecule has 5 nitrogen and oxygen atoms in total. The lowest BCUT2D eigenvalue weighted by molar-refractivity contribution is 0.0599. The Bertz CT molecular complexity index is 1560. The van der Waals surface area contributed by atoms with E-state index < -0.39 is 0 Å². The van der Waals surface area contributed by atoms with Gasteiger partial charge in [-0.2, -0.15) is 0 Å². The van der Waals surface area contributed by atoms with Crippen LogP contribution in [-0.2, 0) is 0 Å². The molecule has 0 atom stereocenters. The highest BCUT2D eigenvalue weighted by atomic mass is 16.5. The standard InChI is InChI=1S/C35H33N3O2/c1-2-40-29-17-11-16-28(24-29)33-25-31(30-18-9-10-19-32(30)36-33)35(39)38-22-20-37(21-23-38)34(26-12-5-3-6-13-26)27-14-7-4-8-15-27/h3-19,24-25,34H,2,20-23H2,1H3. The number of aromatic nitrogens is 1. The van der Waals surface area contributed by atoms with Crippen molar-refractivity contribution in [1.29, 1.82) is 0 Å². The van der Waals surface area contributed by atoms with E-state index in [1.165, 1.54) is 11.1 Å². The first kappa shape index (κ1) is 25.8. The topological polar surface area (TPSA) is 45.7 Å². The van der Waals surface area contributed by atoms with E-state index in [-0.39, 0.29) is 11.9 Å². The van der Waals surface area contributed by atoms with E-state index in [9.17, 15) is 4.79 Å². The Kier molecular flexibility index (Phi) is 7.56. The molecule has 5 heteroatoms. The first-order chi connectivity index (χ1) is 19.7. The third kappa shape index (κ3) is 5.33. The number of para-hydroxylation sites is 1. The Morgan fingerprint density at radius 2 is 1.43 bits per heavy atom. The smallest absolute Gasteiger partial charge is 0.254 e. The van der Waals surface area contributed by atoms with Gasteiger partial charge >= 0.3 is 0 Å². The van der Waals surface area contributed by atoms with Crippen molar-refractivity contribution in [2.24, 2.45) is 0 Å². The summed E-state index contributed by atoms with van der Waals surface area (Å²) in [6, 6.07) is 39.2. The number of carbonyl (C=O) groups is 1. The minimum absolute atomic E-state index is 0.0523. The van der Waals surface area contributed by atoms with Crippen molar-refractivity contribution < 1.29 is 9.53 Å². The zero-order valence-electron chi connectivity index (χ0n) is 22.7. The summed E-state index contributed by atoms with van der Waals surface area (Å²) in [4.78, 5) is 23.4. The van der Waals surface area contributed by atoms with Gasteiger partial charge in [0, 0.05) is 37.1 Å². The first-order valence-electron chi connectivity index (χ1n) is 14.0. The molecule has 2 heterocycles. The second-order valence-corrected chi connectivity index (χ2v) is 10.1. The highest BCUT2D eigenvalue weighted by Gasteiger charge is 2.29. The van der Waals surface area contributed by atoms with Gasteiger partial charge in [0.1, 0.15) is 5.75 Å². The minimum atomic E-state index is 0.0523. The molecule has 200 valence electrons.